The van der Waals surface area contributed by atoms with Crippen LogP contribution in [-0.4, -0.2) is 36.9 Å². The van der Waals surface area contributed by atoms with Gasteiger partial charge < -0.3 is 10.3 Å². The van der Waals surface area contributed by atoms with E-state index >= 15 is 0 Å². The number of aromatic nitrogens is 1. The lowest BCUT2D eigenvalue weighted by Gasteiger charge is -2.12. The Kier molecular flexibility index (Phi) is 3.44. The first-order chi connectivity index (χ1) is 11.0. The zero-order valence-corrected chi connectivity index (χ0v) is 13.7. The van der Waals surface area contributed by atoms with Crippen molar-refractivity contribution in [1.29, 1.82) is 0 Å². The number of nitrogens with one attached hydrogen (secondary N) is 2. The molecule has 1 atom stereocenters. The third-order valence-electron chi connectivity index (χ3n) is 4.93. The maximum atomic E-state index is 12.4. The van der Waals surface area contributed by atoms with E-state index in [1.54, 1.807) is 0 Å². The molecule has 2 N–H and O–H groups in total. The van der Waals surface area contributed by atoms with Crippen LogP contribution >= 0.6 is 0 Å². The molecule has 6 heteroatoms. The van der Waals surface area contributed by atoms with Crippen LogP contribution in [-0.2, 0) is 22.7 Å². The molecule has 0 spiro atoms. The molecule has 1 saturated heterocycles. The van der Waals surface area contributed by atoms with Gasteiger partial charge in [-0.1, -0.05) is 0 Å². The Hall–Kier alpha value is -1.82. The van der Waals surface area contributed by atoms with Crippen molar-refractivity contribution in [1.82, 2.24) is 10.3 Å². The lowest BCUT2D eigenvalue weighted by atomic mass is 9.95. The summed E-state index contributed by atoms with van der Waals surface area (Å²) in [6, 6.07) is 5.44. The van der Waals surface area contributed by atoms with E-state index in [1.165, 1.54) is 24.1 Å². The number of H-pyrrole nitrogens is 1. The van der Waals surface area contributed by atoms with E-state index < -0.39 is 9.84 Å². The van der Waals surface area contributed by atoms with Crippen molar-refractivity contribution in [3.63, 3.8) is 0 Å². The zero-order chi connectivity index (χ0) is 16.0. The average Bonchev–Trinajstić information content (AvgIpc) is 3.06. The van der Waals surface area contributed by atoms with Crippen LogP contribution in [0.25, 0.3) is 10.9 Å². The topological polar surface area (TPSA) is 79.0 Å². The molecule has 23 heavy (non-hydrogen) atoms. The number of hydrogen-bond donors (Lipinski definition) is 2. The summed E-state index contributed by atoms with van der Waals surface area (Å²) in [5.41, 5.74) is 4.32. The Morgan fingerprint density at radius 3 is 2.83 bits per heavy atom. The van der Waals surface area contributed by atoms with E-state index in [0.29, 0.717) is 12.0 Å². The molecule has 0 saturated carbocycles. The highest BCUT2D eigenvalue weighted by molar-refractivity contribution is 7.91. The van der Waals surface area contributed by atoms with Crippen LogP contribution < -0.4 is 5.32 Å². The molecule has 1 aromatic carbocycles. The molecule has 5 nitrogen and oxygen atoms in total. The monoisotopic (exact) mass is 332 g/mol. The van der Waals surface area contributed by atoms with E-state index in [4.69, 9.17) is 0 Å². The molecule has 0 radical (unpaired) electrons. The second kappa shape index (κ2) is 5.37. The predicted octanol–water partition coefficient (Wildman–Crippen LogP) is 1.96. The van der Waals surface area contributed by atoms with E-state index in [9.17, 15) is 13.2 Å². The summed E-state index contributed by atoms with van der Waals surface area (Å²) < 4.78 is 23.0. The van der Waals surface area contributed by atoms with Gasteiger partial charge in [0, 0.05) is 28.2 Å². The largest absolute Gasteiger partial charge is 0.358 e. The van der Waals surface area contributed by atoms with Gasteiger partial charge in [0.2, 0.25) is 0 Å². The first kappa shape index (κ1) is 14.8. The summed E-state index contributed by atoms with van der Waals surface area (Å²) in [6.07, 6.45) is 5.04. The Balaban J connectivity index is 1.60. The van der Waals surface area contributed by atoms with Crippen molar-refractivity contribution in [2.45, 2.75) is 38.1 Å². The van der Waals surface area contributed by atoms with Crippen molar-refractivity contribution >= 4 is 26.6 Å². The third kappa shape index (κ3) is 2.76. The standard InChI is InChI=1S/C17H20N2O3S/c20-17(18-12-7-8-23(21,22)10-12)11-5-6-16-14(9-11)13-3-1-2-4-15(13)19-16/h5-6,9,12,19H,1-4,7-8,10H2,(H,18,20). The zero-order valence-electron chi connectivity index (χ0n) is 12.9. The molecule has 2 aromatic rings. The molecule has 4 rings (SSSR count). The van der Waals surface area contributed by atoms with Crippen molar-refractivity contribution in [3.8, 4) is 0 Å². The number of benzene rings is 1. The molecule has 1 aliphatic heterocycles. The number of amides is 1. The highest BCUT2D eigenvalue weighted by Gasteiger charge is 2.29. The Bertz CT molecular complexity index is 883. The molecule has 1 aromatic heterocycles. The van der Waals surface area contributed by atoms with Crippen LogP contribution in [0.2, 0.25) is 0 Å². The number of carbonyl (C=O) groups excluding carboxylic acids is 1. The van der Waals surface area contributed by atoms with E-state index in [1.807, 2.05) is 18.2 Å². The summed E-state index contributed by atoms with van der Waals surface area (Å²) in [6.45, 7) is 0. The van der Waals surface area contributed by atoms with Gasteiger partial charge >= 0.3 is 0 Å². The van der Waals surface area contributed by atoms with Crippen LogP contribution in [0.4, 0.5) is 0 Å². The van der Waals surface area contributed by atoms with Crippen LogP contribution in [0.1, 0.15) is 40.9 Å². The Morgan fingerprint density at radius 2 is 2.04 bits per heavy atom. The minimum atomic E-state index is -2.98. The van der Waals surface area contributed by atoms with E-state index in [2.05, 4.69) is 10.3 Å². The number of rotatable bonds is 2. The number of hydrogen-bond acceptors (Lipinski definition) is 3. The summed E-state index contributed by atoms with van der Waals surface area (Å²) in [5.74, 6) is 0.0443. The van der Waals surface area contributed by atoms with E-state index in [-0.39, 0.29) is 23.5 Å². The number of aromatic amines is 1. The molecule has 1 fully saturated rings. The fourth-order valence-electron chi connectivity index (χ4n) is 3.72. The SMILES string of the molecule is O=C(NC1CCS(=O)(=O)C1)c1ccc2[nH]c3c(c2c1)CCCC3. The molecule has 1 amide bonds. The van der Waals surface area contributed by atoms with Gasteiger partial charge in [0.15, 0.2) is 9.84 Å². The molecule has 1 unspecified atom stereocenters. The van der Waals surface area contributed by atoms with Crippen LogP contribution in [0.3, 0.4) is 0 Å². The van der Waals surface area contributed by atoms with Crippen molar-refractivity contribution in [2.75, 3.05) is 11.5 Å². The average molecular weight is 332 g/mol. The molecule has 122 valence electrons. The second-order valence-electron chi connectivity index (χ2n) is 6.62. The Morgan fingerprint density at radius 1 is 1.22 bits per heavy atom. The maximum absolute atomic E-state index is 12.4. The minimum Gasteiger partial charge on any atom is -0.358 e. The summed E-state index contributed by atoms with van der Waals surface area (Å²) in [4.78, 5) is 15.9. The van der Waals surface area contributed by atoms with Crippen LogP contribution in [0, 0.1) is 0 Å². The number of fused-ring (bicyclic) bond motifs is 3. The summed E-state index contributed by atoms with van der Waals surface area (Å²) in [7, 11) is -2.98. The number of aryl methyl sites for hydroxylation is 2. The smallest absolute Gasteiger partial charge is 0.251 e. The molecule has 1 aliphatic carbocycles. The second-order valence-corrected chi connectivity index (χ2v) is 8.85. The van der Waals surface area contributed by atoms with Crippen molar-refractivity contribution < 1.29 is 13.2 Å². The first-order valence-electron chi connectivity index (χ1n) is 8.17. The fourth-order valence-corrected chi connectivity index (χ4v) is 5.40. The molecular weight excluding hydrogens is 312 g/mol. The highest BCUT2D eigenvalue weighted by atomic mass is 32.2. The third-order valence-corrected chi connectivity index (χ3v) is 6.70. The molecule has 2 heterocycles. The normalized spacial score (nSPS) is 22.9. The van der Waals surface area contributed by atoms with Crippen LogP contribution in [0.15, 0.2) is 18.2 Å². The van der Waals surface area contributed by atoms with Gasteiger partial charge in [-0.25, -0.2) is 8.42 Å². The lowest BCUT2D eigenvalue weighted by molar-refractivity contribution is 0.0941. The van der Waals surface area contributed by atoms with Gasteiger partial charge in [0.1, 0.15) is 0 Å². The van der Waals surface area contributed by atoms with Gasteiger partial charge in [-0.05, 0) is 55.9 Å². The first-order valence-corrected chi connectivity index (χ1v) is 9.99. The summed E-state index contributed by atoms with van der Waals surface area (Å²) >= 11 is 0. The maximum Gasteiger partial charge on any atom is 0.251 e. The predicted molar refractivity (Wildman–Crippen MR) is 89.5 cm³/mol. The molecule has 2 aliphatic rings. The van der Waals surface area contributed by atoms with Crippen molar-refractivity contribution in [3.05, 3.63) is 35.0 Å². The van der Waals surface area contributed by atoms with Crippen LogP contribution in [0.5, 0.6) is 0 Å². The van der Waals surface area contributed by atoms with Gasteiger partial charge in [0.25, 0.3) is 5.91 Å². The lowest BCUT2D eigenvalue weighted by Crippen LogP contribution is -2.35. The highest BCUT2D eigenvalue weighted by Crippen LogP contribution is 2.29. The molecule has 0 bridgehead atoms. The number of carbonyl (C=O) groups is 1. The van der Waals surface area contributed by atoms with Gasteiger partial charge in [0.05, 0.1) is 11.5 Å². The van der Waals surface area contributed by atoms with Gasteiger partial charge in [-0.2, -0.15) is 0 Å². The van der Waals surface area contributed by atoms with Gasteiger partial charge in [-0.15, -0.1) is 0 Å². The summed E-state index contributed by atoms with van der Waals surface area (Å²) in [5, 5.41) is 3.99. The Labute approximate surface area is 135 Å². The quantitative estimate of drug-likeness (QED) is 0.882. The van der Waals surface area contributed by atoms with Gasteiger partial charge in [-0.3, -0.25) is 4.79 Å². The fraction of sp³-hybridized carbons (Fsp3) is 0.471. The number of sulfone groups is 1. The van der Waals surface area contributed by atoms with E-state index in [0.717, 1.165) is 23.7 Å². The van der Waals surface area contributed by atoms with Crippen molar-refractivity contribution in [2.24, 2.45) is 0 Å². The minimum absolute atomic E-state index is 0.0561. The molecular formula is C17H20N2O3S.